The van der Waals surface area contributed by atoms with E-state index in [1.165, 1.54) is 0 Å². The number of amides is 1. The molecule has 0 bridgehead atoms. The Bertz CT molecular complexity index is 770. The highest BCUT2D eigenvalue weighted by Crippen LogP contribution is 2.31. The van der Waals surface area contributed by atoms with Crippen LogP contribution in [0.1, 0.15) is 41.2 Å². The molecule has 2 atom stereocenters. The Hall–Kier alpha value is -2.53. The van der Waals surface area contributed by atoms with Gasteiger partial charge in [0.2, 0.25) is 0 Å². The van der Waals surface area contributed by atoms with E-state index in [4.69, 9.17) is 14.2 Å². The summed E-state index contributed by atoms with van der Waals surface area (Å²) in [6.07, 6.45) is 3.04. The van der Waals surface area contributed by atoms with E-state index in [1.807, 2.05) is 36.4 Å². The summed E-state index contributed by atoms with van der Waals surface area (Å²) in [6, 6.07) is 15.1. The van der Waals surface area contributed by atoms with Gasteiger partial charge in [-0.05, 0) is 37.1 Å². The van der Waals surface area contributed by atoms with E-state index in [0.29, 0.717) is 24.5 Å². The third-order valence-corrected chi connectivity index (χ3v) is 4.82. The van der Waals surface area contributed by atoms with Gasteiger partial charge in [0.05, 0.1) is 18.8 Å². The van der Waals surface area contributed by atoms with E-state index < -0.39 is 0 Å². The molecular weight excluding hydrogens is 330 g/mol. The van der Waals surface area contributed by atoms with E-state index in [9.17, 15) is 4.79 Å². The first-order valence-corrected chi connectivity index (χ1v) is 9.16. The van der Waals surface area contributed by atoms with Gasteiger partial charge in [-0.1, -0.05) is 24.3 Å². The van der Waals surface area contributed by atoms with Crippen LogP contribution in [0.15, 0.2) is 48.5 Å². The molecule has 0 spiro atoms. The largest absolute Gasteiger partial charge is 0.493 e. The molecule has 2 heterocycles. The molecule has 0 unspecified atom stereocenters. The molecule has 2 aliphatic rings. The third kappa shape index (κ3) is 3.83. The second-order valence-electron chi connectivity index (χ2n) is 6.67. The van der Waals surface area contributed by atoms with Crippen molar-refractivity contribution in [2.45, 2.75) is 31.4 Å². The van der Waals surface area contributed by atoms with Crippen LogP contribution >= 0.6 is 0 Å². The van der Waals surface area contributed by atoms with Gasteiger partial charge in [-0.3, -0.25) is 4.79 Å². The Morgan fingerprint density at radius 1 is 1.12 bits per heavy atom. The van der Waals surface area contributed by atoms with Crippen molar-refractivity contribution in [1.82, 2.24) is 5.32 Å². The summed E-state index contributed by atoms with van der Waals surface area (Å²) in [5.74, 6) is 1.44. The number of ether oxygens (including phenoxy) is 3. The van der Waals surface area contributed by atoms with Gasteiger partial charge in [0.15, 0.2) is 0 Å². The van der Waals surface area contributed by atoms with Crippen LogP contribution in [0.2, 0.25) is 0 Å². The summed E-state index contributed by atoms with van der Waals surface area (Å²) in [7, 11) is 0. The lowest BCUT2D eigenvalue weighted by Crippen LogP contribution is -2.32. The van der Waals surface area contributed by atoms with Gasteiger partial charge >= 0.3 is 0 Å². The van der Waals surface area contributed by atoms with E-state index >= 15 is 0 Å². The third-order valence-electron chi connectivity index (χ3n) is 4.82. The monoisotopic (exact) mass is 353 g/mol. The van der Waals surface area contributed by atoms with Crippen molar-refractivity contribution in [3.63, 3.8) is 0 Å². The number of carbonyl (C=O) groups excluding carboxylic acids is 1. The molecule has 1 fully saturated rings. The highest BCUT2D eigenvalue weighted by Gasteiger charge is 2.23. The van der Waals surface area contributed by atoms with Crippen molar-refractivity contribution in [3.8, 4) is 11.5 Å². The van der Waals surface area contributed by atoms with Gasteiger partial charge in [0.1, 0.15) is 18.1 Å². The number of rotatable bonds is 5. The summed E-state index contributed by atoms with van der Waals surface area (Å²) in [6.45, 7) is 1.94. The molecule has 5 nitrogen and oxygen atoms in total. The van der Waals surface area contributed by atoms with E-state index in [-0.39, 0.29) is 18.1 Å². The molecule has 1 N–H and O–H groups in total. The van der Waals surface area contributed by atoms with E-state index in [0.717, 1.165) is 37.2 Å². The van der Waals surface area contributed by atoms with Crippen LogP contribution in [0.4, 0.5) is 0 Å². The maximum Gasteiger partial charge on any atom is 0.251 e. The van der Waals surface area contributed by atoms with Crippen molar-refractivity contribution in [3.05, 3.63) is 59.7 Å². The fourth-order valence-electron chi connectivity index (χ4n) is 3.43. The molecule has 5 heteroatoms. The Labute approximate surface area is 153 Å². The van der Waals surface area contributed by atoms with Gasteiger partial charge in [-0.2, -0.15) is 0 Å². The van der Waals surface area contributed by atoms with Crippen LogP contribution in [0.25, 0.3) is 0 Å². The minimum atomic E-state index is -0.103. The average Bonchev–Trinajstić information content (AvgIpc) is 3.20. The first kappa shape index (κ1) is 16.9. The SMILES string of the molecule is O=C(N[C@@H]1CCOc2ccccc21)c1cccc(OC[C@@H]2CCCO2)c1. The molecular formula is C21H23NO4. The molecule has 0 aliphatic carbocycles. The smallest absolute Gasteiger partial charge is 0.251 e. The fraction of sp³-hybridized carbons (Fsp3) is 0.381. The Morgan fingerprint density at radius 2 is 2.04 bits per heavy atom. The van der Waals surface area contributed by atoms with Gasteiger partial charge in [0, 0.05) is 24.2 Å². The Kier molecular flexibility index (Phi) is 5.07. The predicted molar refractivity (Wildman–Crippen MR) is 97.7 cm³/mol. The summed E-state index contributed by atoms with van der Waals surface area (Å²) in [5.41, 5.74) is 1.62. The number of para-hydroxylation sites is 1. The van der Waals surface area contributed by atoms with Crippen LogP contribution in [0.5, 0.6) is 11.5 Å². The average molecular weight is 353 g/mol. The Morgan fingerprint density at radius 3 is 2.92 bits per heavy atom. The van der Waals surface area contributed by atoms with E-state index in [1.54, 1.807) is 12.1 Å². The van der Waals surface area contributed by atoms with Gasteiger partial charge in [-0.25, -0.2) is 0 Å². The first-order chi connectivity index (χ1) is 12.8. The zero-order valence-electron chi connectivity index (χ0n) is 14.6. The number of hydrogen-bond donors (Lipinski definition) is 1. The minimum Gasteiger partial charge on any atom is -0.493 e. The minimum absolute atomic E-state index is 0.0380. The molecule has 1 amide bonds. The molecule has 136 valence electrons. The lowest BCUT2D eigenvalue weighted by molar-refractivity contribution is 0.0679. The molecule has 4 rings (SSSR count). The highest BCUT2D eigenvalue weighted by atomic mass is 16.5. The molecule has 0 saturated carbocycles. The lowest BCUT2D eigenvalue weighted by atomic mass is 10.00. The summed E-state index contributed by atoms with van der Waals surface area (Å²) >= 11 is 0. The molecule has 26 heavy (non-hydrogen) atoms. The summed E-state index contributed by atoms with van der Waals surface area (Å²) in [5, 5.41) is 3.12. The zero-order chi connectivity index (χ0) is 17.8. The topological polar surface area (TPSA) is 56.8 Å². The maximum absolute atomic E-state index is 12.7. The molecule has 0 radical (unpaired) electrons. The highest BCUT2D eigenvalue weighted by molar-refractivity contribution is 5.94. The molecule has 2 aromatic carbocycles. The van der Waals surface area contributed by atoms with Gasteiger partial charge in [-0.15, -0.1) is 0 Å². The standard InChI is InChI=1S/C21H23NO4/c23-21(22-19-10-12-25-20-9-2-1-8-18(19)20)15-5-3-6-16(13-15)26-14-17-7-4-11-24-17/h1-3,5-6,8-9,13,17,19H,4,7,10-12,14H2,(H,22,23)/t17-,19+/m0/s1. The van der Waals surface area contributed by atoms with Crippen molar-refractivity contribution in [2.24, 2.45) is 0 Å². The number of benzene rings is 2. The van der Waals surface area contributed by atoms with Crippen LogP contribution in [0.3, 0.4) is 0 Å². The molecule has 2 aliphatic heterocycles. The lowest BCUT2D eigenvalue weighted by Gasteiger charge is -2.26. The molecule has 0 aromatic heterocycles. The second kappa shape index (κ2) is 7.79. The first-order valence-electron chi connectivity index (χ1n) is 9.16. The Balaban J connectivity index is 1.41. The number of hydrogen-bond acceptors (Lipinski definition) is 4. The quantitative estimate of drug-likeness (QED) is 0.894. The van der Waals surface area contributed by atoms with Crippen molar-refractivity contribution in [1.29, 1.82) is 0 Å². The molecule has 1 saturated heterocycles. The predicted octanol–water partition coefficient (Wildman–Crippen LogP) is 3.50. The summed E-state index contributed by atoms with van der Waals surface area (Å²) < 4.78 is 17.0. The maximum atomic E-state index is 12.7. The molecule has 2 aromatic rings. The van der Waals surface area contributed by atoms with Crippen molar-refractivity contribution in [2.75, 3.05) is 19.8 Å². The van der Waals surface area contributed by atoms with Crippen LogP contribution in [-0.4, -0.2) is 31.8 Å². The fourth-order valence-corrected chi connectivity index (χ4v) is 3.43. The normalized spacial score (nSPS) is 21.5. The van der Waals surface area contributed by atoms with E-state index in [2.05, 4.69) is 5.32 Å². The number of fused-ring (bicyclic) bond motifs is 1. The van der Waals surface area contributed by atoms with Crippen LogP contribution < -0.4 is 14.8 Å². The summed E-state index contributed by atoms with van der Waals surface area (Å²) in [4.78, 5) is 12.7. The van der Waals surface area contributed by atoms with Crippen molar-refractivity contribution < 1.29 is 19.0 Å². The van der Waals surface area contributed by atoms with Gasteiger partial charge in [0.25, 0.3) is 5.91 Å². The van der Waals surface area contributed by atoms with Gasteiger partial charge < -0.3 is 19.5 Å². The van der Waals surface area contributed by atoms with Crippen LogP contribution in [-0.2, 0) is 4.74 Å². The number of nitrogens with one attached hydrogen (secondary N) is 1. The second-order valence-corrected chi connectivity index (χ2v) is 6.67. The van der Waals surface area contributed by atoms with Crippen molar-refractivity contribution >= 4 is 5.91 Å². The van der Waals surface area contributed by atoms with Crippen LogP contribution in [0, 0.1) is 0 Å². The zero-order valence-corrected chi connectivity index (χ0v) is 14.6. The number of carbonyl (C=O) groups is 1.